The Morgan fingerprint density at radius 2 is 1.57 bits per heavy atom. The molecule has 184 valence electrons. The highest BCUT2D eigenvalue weighted by molar-refractivity contribution is 6.08. The number of benzene rings is 2. The molecule has 0 spiro atoms. The van der Waals surface area contributed by atoms with Gasteiger partial charge in [0.25, 0.3) is 5.91 Å². The van der Waals surface area contributed by atoms with Gasteiger partial charge in [-0.15, -0.1) is 0 Å². The molecule has 0 aliphatic carbocycles. The van der Waals surface area contributed by atoms with Gasteiger partial charge in [-0.2, -0.15) is 0 Å². The van der Waals surface area contributed by atoms with Crippen LogP contribution in [0.3, 0.4) is 0 Å². The number of nitrogens with zero attached hydrogens (tertiary/aromatic N) is 1. The number of rotatable bonds is 10. The molecular weight excluding hydrogens is 444 g/mol. The fourth-order valence-corrected chi connectivity index (χ4v) is 3.93. The van der Waals surface area contributed by atoms with E-state index in [1.54, 1.807) is 38.1 Å². The van der Waals surface area contributed by atoms with Crippen molar-refractivity contribution in [3.05, 3.63) is 88.2 Å². The van der Waals surface area contributed by atoms with Gasteiger partial charge in [-0.25, -0.2) is 9.59 Å². The Morgan fingerprint density at radius 1 is 0.886 bits per heavy atom. The molecule has 0 fully saturated rings. The van der Waals surface area contributed by atoms with E-state index >= 15 is 0 Å². The van der Waals surface area contributed by atoms with Gasteiger partial charge in [0.1, 0.15) is 5.69 Å². The number of esters is 2. The molecular formula is C28H32N2O5. The second kappa shape index (κ2) is 12.0. The molecule has 0 bridgehead atoms. The molecule has 0 aliphatic rings. The lowest BCUT2D eigenvalue weighted by molar-refractivity contribution is 0.0495. The monoisotopic (exact) mass is 476 g/mol. The van der Waals surface area contributed by atoms with Crippen molar-refractivity contribution in [3.8, 4) is 0 Å². The van der Waals surface area contributed by atoms with Crippen LogP contribution in [-0.4, -0.2) is 35.6 Å². The molecule has 7 heteroatoms. The standard InChI is InChI=1S/C28H32N2O5/c1-5-7-17-35-27(32)22-13-15-23(16-14-22)29-26(31)24-19(3)25(28(33)34-6-2)30(20(24)4)18-21-11-9-8-10-12-21/h8-16H,5-7,17-18H2,1-4H3,(H,29,31). The summed E-state index contributed by atoms with van der Waals surface area (Å²) in [5, 5.41) is 2.88. The van der Waals surface area contributed by atoms with Gasteiger partial charge in [0.05, 0.1) is 24.3 Å². The summed E-state index contributed by atoms with van der Waals surface area (Å²) in [5.74, 6) is -1.19. The number of ether oxygens (including phenoxy) is 2. The predicted molar refractivity (Wildman–Crippen MR) is 135 cm³/mol. The van der Waals surface area contributed by atoms with Gasteiger partial charge in [-0.3, -0.25) is 4.79 Å². The summed E-state index contributed by atoms with van der Waals surface area (Å²) < 4.78 is 12.3. The van der Waals surface area contributed by atoms with Crippen LogP contribution in [0, 0.1) is 13.8 Å². The van der Waals surface area contributed by atoms with Gasteiger partial charge >= 0.3 is 11.9 Å². The quantitative estimate of drug-likeness (QED) is 0.307. The SMILES string of the molecule is CCCCOC(=O)c1ccc(NC(=O)c2c(C)c(C(=O)OCC)n(Cc3ccccc3)c2C)cc1. The Hall–Kier alpha value is -3.87. The third-order valence-electron chi connectivity index (χ3n) is 5.76. The van der Waals surface area contributed by atoms with Crippen LogP contribution in [0.1, 0.15) is 74.7 Å². The van der Waals surface area contributed by atoms with Crippen molar-refractivity contribution in [1.82, 2.24) is 4.57 Å². The normalized spacial score (nSPS) is 10.6. The smallest absolute Gasteiger partial charge is 0.355 e. The Balaban J connectivity index is 1.85. The summed E-state index contributed by atoms with van der Waals surface area (Å²) >= 11 is 0. The lowest BCUT2D eigenvalue weighted by Crippen LogP contribution is -2.15. The average Bonchev–Trinajstić information content (AvgIpc) is 3.09. The van der Waals surface area contributed by atoms with Gasteiger partial charge in [0.2, 0.25) is 0 Å². The van der Waals surface area contributed by atoms with Crippen LogP contribution < -0.4 is 5.32 Å². The van der Waals surface area contributed by atoms with Crippen molar-refractivity contribution in [3.63, 3.8) is 0 Å². The molecule has 0 radical (unpaired) electrons. The van der Waals surface area contributed by atoms with Crippen LogP contribution in [0.4, 0.5) is 5.69 Å². The van der Waals surface area contributed by atoms with Crippen LogP contribution in [0.15, 0.2) is 54.6 Å². The molecule has 0 saturated carbocycles. The molecule has 0 unspecified atom stereocenters. The first-order valence-electron chi connectivity index (χ1n) is 11.9. The van der Waals surface area contributed by atoms with Crippen LogP contribution >= 0.6 is 0 Å². The van der Waals surface area contributed by atoms with Crippen molar-refractivity contribution in [1.29, 1.82) is 0 Å². The minimum absolute atomic E-state index is 0.239. The van der Waals surface area contributed by atoms with E-state index in [-0.39, 0.29) is 18.5 Å². The molecule has 3 rings (SSSR count). The first-order valence-corrected chi connectivity index (χ1v) is 11.9. The van der Waals surface area contributed by atoms with Crippen molar-refractivity contribution < 1.29 is 23.9 Å². The van der Waals surface area contributed by atoms with Crippen molar-refractivity contribution in [2.24, 2.45) is 0 Å². The highest BCUT2D eigenvalue weighted by Crippen LogP contribution is 2.26. The van der Waals surface area contributed by atoms with Crippen LogP contribution in [0.2, 0.25) is 0 Å². The van der Waals surface area contributed by atoms with Gasteiger partial charge in [0.15, 0.2) is 0 Å². The number of unbranched alkanes of at least 4 members (excludes halogenated alkanes) is 1. The highest BCUT2D eigenvalue weighted by Gasteiger charge is 2.27. The fraction of sp³-hybridized carbons (Fsp3) is 0.321. The molecule has 35 heavy (non-hydrogen) atoms. The molecule has 0 atom stereocenters. The summed E-state index contributed by atoms with van der Waals surface area (Å²) in [6.45, 7) is 8.41. The highest BCUT2D eigenvalue weighted by atomic mass is 16.5. The van der Waals surface area contributed by atoms with Gasteiger partial charge in [0, 0.05) is 17.9 Å². The van der Waals surface area contributed by atoms with E-state index in [4.69, 9.17) is 9.47 Å². The van der Waals surface area contributed by atoms with Crippen LogP contribution in [0.25, 0.3) is 0 Å². The third kappa shape index (κ3) is 6.18. The minimum Gasteiger partial charge on any atom is -0.462 e. The van der Waals surface area contributed by atoms with Crippen LogP contribution in [-0.2, 0) is 16.0 Å². The summed E-state index contributed by atoms with van der Waals surface area (Å²) in [7, 11) is 0. The second-order valence-corrected chi connectivity index (χ2v) is 8.25. The Morgan fingerprint density at radius 3 is 2.20 bits per heavy atom. The summed E-state index contributed by atoms with van der Waals surface area (Å²) in [4.78, 5) is 38.2. The number of amides is 1. The molecule has 0 aliphatic heterocycles. The number of anilines is 1. The maximum absolute atomic E-state index is 13.3. The Labute approximate surface area is 206 Å². The molecule has 1 amide bonds. The Bertz CT molecular complexity index is 1180. The van der Waals surface area contributed by atoms with E-state index in [1.807, 2.05) is 48.7 Å². The Kier molecular flexibility index (Phi) is 8.84. The minimum atomic E-state index is -0.464. The molecule has 3 aromatic rings. The second-order valence-electron chi connectivity index (χ2n) is 8.25. The van der Waals surface area contributed by atoms with E-state index < -0.39 is 5.97 Å². The number of carbonyl (C=O) groups excluding carboxylic acids is 3. The van der Waals surface area contributed by atoms with Gasteiger partial charge in [-0.1, -0.05) is 43.7 Å². The van der Waals surface area contributed by atoms with E-state index in [2.05, 4.69) is 5.32 Å². The topological polar surface area (TPSA) is 86.6 Å². The van der Waals surface area contributed by atoms with Crippen LogP contribution in [0.5, 0.6) is 0 Å². The van der Waals surface area contributed by atoms with E-state index in [0.717, 1.165) is 18.4 Å². The number of carbonyl (C=O) groups is 3. The molecule has 2 aromatic carbocycles. The fourth-order valence-electron chi connectivity index (χ4n) is 3.93. The first kappa shape index (κ1) is 25.7. The summed E-state index contributed by atoms with van der Waals surface area (Å²) in [6, 6.07) is 16.3. The van der Waals surface area contributed by atoms with E-state index in [1.165, 1.54) is 0 Å². The predicted octanol–water partition coefficient (Wildman–Crippen LogP) is 5.54. The molecule has 0 saturated heterocycles. The summed E-state index contributed by atoms with van der Waals surface area (Å²) in [5.41, 5.74) is 3.98. The number of nitrogens with one attached hydrogen (secondary N) is 1. The van der Waals surface area contributed by atoms with Crippen molar-refractivity contribution >= 4 is 23.5 Å². The molecule has 1 aromatic heterocycles. The van der Waals surface area contributed by atoms with Gasteiger partial charge in [-0.05, 0) is 62.6 Å². The zero-order chi connectivity index (χ0) is 25.4. The zero-order valence-electron chi connectivity index (χ0n) is 20.7. The molecule has 7 nitrogen and oxygen atoms in total. The largest absolute Gasteiger partial charge is 0.462 e. The van der Waals surface area contributed by atoms with Crippen molar-refractivity contribution in [2.45, 2.75) is 47.1 Å². The number of hydrogen-bond acceptors (Lipinski definition) is 5. The first-order chi connectivity index (χ1) is 16.9. The number of hydrogen-bond donors (Lipinski definition) is 1. The van der Waals surface area contributed by atoms with Crippen molar-refractivity contribution in [2.75, 3.05) is 18.5 Å². The maximum atomic E-state index is 13.3. The van der Waals surface area contributed by atoms with E-state index in [0.29, 0.717) is 46.9 Å². The van der Waals surface area contributed by atoms with E-state index in [9.17, 15) is 14.4 Å². The third-order valence-corrected chi connectivity index (χ3v) is 5.76. The lowest BCUT2D eigenvalue weighted by Gasteiger charge is -2.12. The number of aromatic nitrogens is 1. The maximum Gasteiger partial charge on any atom is 0.355 e. The average molecular weight is 477 g/mol. The molecule has 1 N–H and O–H groups in total. The summed E-state index contributed by atoms with van der Waals surface area (Å²) in [6.07, 6.45) is 1.76. The zero-order valence-corrected chi connectivity index (χ0v) is 20.7. The van der Waals surface area contributed by atoms with Gasteiger partial charge < -0.3 is 19.4 Å². The lowest BCUT2D eigenvalue weighted by atomic mass is 10.1. The molecule has 1 heterocycles.